The van der Waals surface area contributed by atoms with Crippen LogP contribution in [0.3, 0.4) is 0 Å². The molecule has 1 heterocycles. The molecule has 2 nitrogen and oxygen atoms in total. The molecule has 0 bridgehead atoms. The number of hydrogen-bond donors (Lipinski definition) is 1. The molecule has 3 heteroatoms. The number of rotatable bonds is 1. The van der Waals surface area contributed by atoms with Gasteiger partial charge in [-0.05, 0) is 40.8 Å². The molecule has 1 N–H and O–H groups in total. The number of amides is 1. The summed E-state index contributed by atoms with van der Waals surface area (Å²) in [5, 5.41) is 5.71. The fourth-order valence-electron chi connectivity index (χ4n) is 2.77. The Balaban J connectivity index is 2.05. The fourth-order valence-corrected chi connectivity index (χ4v) is 2.90. The Kier molecular flexibility index (Phi) is 2.35. The van der Waals surface area contributed by atoms with Crippen LogP contribution in [0.25, 0.3) is 21.9 Å². The van der Waals surface area contributed by atoms with E-state index >= 15 is 0 Å². The molecule has 1 aliphatic rings. The maximum atomic E-state index is 11.9. The van der Waals surface area contributed by atoms with Gasteiger partial charge in [0.25, 0.3) is 5.91 Å². The third-order valence-corrected chi connectivity index (χ3v) is 3.94. The zero-order chi connectivity index (χ0) is 13.7. The molecule has 0 spiro atoms. The van der Waals surface area contributed by atoms with E-state index in [1.807, 2.05) is 54.6 Å². The van der Waals surface area contributed by atoms with Crippen LogP contribution in [0.15, 0.2) is 54.6 Å². The molecule has 20 heavy (non-hydrogen) atoms. The van der Waals surface area contributed by atoms with Crippen molar-refractivity contribution in [3.05, 3.63) is 65.2 Å². The highest BCUT2D eigenvalue weighted by atomic mass is 35.5. The van der Waals surface area contributed by atoms with E-state index in [2.05, 4.69) is 5.32 Å². The summed E-state index contributed by atoms with van der Waals surface area (Å²) in [4.78, 5) is 11.9. The van der Waals surface area contributed by atoms with E-state index in [1.165, 1.54) is 0 Å². The van der Waals surface area contributed by atoms with E-state index in [-0.39, 0.29) is 5.91 Å². The number of anilines is 1. The van der Waals surface area contributed by atoms with Crippen LogP contribution in [0.2, 0.25) is 5.02 Å². The van der Waals surface area contributed by atoms with Crippen molar-refractivity contribution in [2.24, 2.45) is 0 Å². The first kappa shape index (κ1) is 11.5. The van der Waals surface area contributed by atoms with E-state index in [4.69, 9.17) is 11.6 Å². The largest absolute Gasteiger partial charge is 0.321 e. The Bertz CT molecular complexity index is 853. The van der Waals surface area contributed by atoms with Crippen LogP contribution in [-0.4, -0.2) is 5.91 Å². The normalized spacial score (nSPS) is 12.8. The van der Waals surface area contributed by atoms with Crippen LogP contribution >= 0.6 is 11.6 Å². The SMILES string of the molecule is O=C1Nc2ccc(-c3ccc(Cl)cc3)c3cccc1c23. The molecule has 3 aromatic carbocycles. The first-order valence-electron chi connectivity index (χ1n) is 6.37. The van der Waals surface area contributed by atoms with Gasteiger partial charge in [0.2, 0.25) is 0 Å². The standard InChI is InChI=1S/C17H10ClNO/c18-11-6-4-10(5-7-11)12-8-9-15-16-13(12)2-1-3-14(16)17(20)19-15/h1-9H,(H,19,20). The van der Waals surface area contributed by atoms with Gasteiger partial charge in [-0.2, -0.15) is 0 Å². The van der Waals surface area contributed by atoms with Crippen molar-refractivity contribution in [2.45, 2.75) is 0 Å². The van der Waals surface area contributed by atoms with Gasteiger partial charge >= 0.3 is 0 Å². The van der Waals surface area contributed by atoms with E-state index in [0.717, 1.165) is 38.2 Å². The van der Waals surface area contributed by atoms with Crippen molar-refractivity contribution in [3.63, 3.8) is 0 Å². The Morgan fingerprint density at radius 3 is 2.45 bits per heavy atom. The first-order chi connectivity index (χ1) is 9.74. The van der Waals surface area contributed by atoms with Gasteiger partial charge in [-0.3, -0.25) is 4.79 Å². The van der Waals surface area contributed by atoms with Gasteiger partial charge in [-0.25, -0.2) is 0 Å². The third kappa shape index (κ3) is 1.55. The molecule has 0 saturated heterocycles. The van der Waals surface area contributed by atoms with E-state index in [1.54, 1.807) is 0 Å². The Morgan fingerprint density at radius 1 is 0.850 bits per heavy atom. The Morgan fingerprint density at radius 2 is 1.65 bits per heavy atom. The molecule has 0 fully saturated rings. The topological polar surface area (TPSA) is 29.1 Å². The van der Waals surface area contributed by atoms with Crippen molar-refractivity contribution >= 4 is 34.0 Å². The number of carbonyl (C=O) groups excluding carboxylic acids is 1. The van der Waals surface area contributed by atoms with E-state index in [9.17, 15) is 4.79 Å². The van der Waals surface area contributed by atoms with Crippen LogP contribution in [0.4, 0.5) is 5.69 Å². The Hall–Kier alpha value is -2.32. The van der Waals surface area contributed by atoms with Crippen molar-refractivity contribution in [1.82, 2.24) is 0 Å². The van der Waals surface area contributed by atoms with Gasteiger partial charge in [0, 0.05) is 21.7 Å². The predicted molar refractivity (Wildman–Crippen MR) is 82.3 cm³/mol. The summed E-state index contributed by atoms with van der Waals surface area (Å²) in [6.45, 7) is 0. The molecular weight excluding hydrogens is 270 g/mol. The van der Waals surface area contributed by atoms with E-state index < -0.39 is 0 Å². The molecule has 0 radical (unpaired) electrons. The molecule has 0 aliphatic carbocycles. The summed E-state index contributed by atoms with van der Waals surface area (Å²) in [5.41, 5.74) is 3.84. The Labute approximate surface area is 121 Å². The second-order valence-electron chi connectivity index (χ2n) is 4.85. The molecule has 0 unspecified atom stereocenters. The van der Waals surface area contributed by atoms with Crippen molar-refractivity contribution < 1.29 is 4.79 Å². The molecule has 4 rings (SSSR count). The molecule has 0 saturated carbocycles. The van der Waals surface area contributed by atoms with Gasteiger partial charge in [-0.1, -0.05) is 41.9 Å². The quantitative estimate of drug-likeness (QED) is 0.686. The van der Waals surface area contributed by atoms with Gasteiger partial charge in [0.1, 0.15) is 0 Å². The van der Waals surface area contributed by atoms with Crippen LogP contribution in [0.5, 0.6) is 0 Å². The maximum absolute atomic E-state index is 11.9. The molecule has 0 atom stereocenters. The minimum absolute atomic E-state index is 0.0288. The van der Waals surface area contributed by atoms with Crippen molar-refractivity contribution in [2.75, 3.05) is 5.32 Å². The van der Waals surface area contributed by atoms with E-state index in [0.29, 0.717) is 0 Å². The highest BCUT2D eigenvalue weighted by Gasteiger charge is 2.22. The summed E-state index contributed by atoms with van der Waals surface area (Å²) in [7, 11) is 0. The highest BCUT2D eigenvalue weighted by molar-refractivity contribution is 6.30. The molecule has 1 aliphatic heterocycles. The minimum Gasteiger partial charge on any atom is -0.321 e. The van der Waals surface area contributed by atoms with Crippen LogP contribution in [-0.2, 0) is 0 Å². The lowest BCUT2D eigenvalue weighted by molar-refractivity contribution is 0.103. The second-order valence-corrected chi connectivity index (χ2v) is 5.29. The second kappa shape index (κ2) is 4.09. The predicted octanol–water partition coefficient (Wildman–Crippen LogP) is 4.73. The zero-order valence-electron chi connectivity index (χ0n) is 10.5. The highest BCUT2D eigenvalue weighted by Crippen LogP contribution is 2.38. The van der Waals surface area contributed by atoms with Crippen LogP contribution in [0, 0.1) is 0 Å². The summed E-state index contributed by atoms with van der Waals surface area (Å²) < 4.78 is 0. The lowest BCUT2D eigenvalue weighted by Gasteiger charge is -2.08. The molecule has 96 valence electrons. The number of carbonyl (C=O) groups is 1. The summed E-state index contributed by atoms with van der Waals surface area (Å²) in [6.07, 6.45) is 0. The van der Waals surface area contributed by atoms with Gasteiger partial charge < -0.3 is 5.32 Å². The number of nitrogens with one attached hydrogen (secondary N) is 1. The summed E-state index contributed by atoms with van der Waals surface area (Å²) in [5.74, 6) is -0.0288. The number of halogens is 1. The van der Waals surface area contributed by atoms with Crippen LogP contribution < -0.4 is 5.32 Å². The average molecular weight is 280 g/mol. The van der Waals surface area contributed by atoms with Crippen molar-refractivity contribution in [3.8, 4) is 11.1 Å². The molecular formula is C17H10ClNO. The summed E-state index contributed by atoms with van der Waals surface area (Å²) >= 11 is 5.94. The molecule has 1 amide bonds. The zero-order valence-corrected chi connectivity index (χ0v) is 11.2. The third-order valence-electron chi connectivity index (χ3n) is 3.69. The fraction of sp³-hybridized carbons (Fsp3) is 0. The van der Waals surface area contributed by atoms with Crippen LogP contribution in [0.1, 0.15) is 10.4 Å². The van der Waals surface area contributed by atoms with Crippen molar-refractivity contribution in [1.29, 1.82) is 0 Å². The van der Waals surface area contributed by atoms with Gasteiger partial charge in [0.15, 0.2) is 0 Å². The maximum Gasteiger partial charge on any atom is 0.256 e. The van der Waals surface area contributed by atoms with Gasteiger partial charge in [-0.15, -0.1) is 0 Å². The molecule has 3 aromatic rings. The minimum atomic E-state index is -0.0288. The smallest absolute Gasteiger partial charge is 0.256 e. The average Bonchev–Trinajstić information content (AvgIpc) is 2.79. The van der Waals surface area contributed by atoms with Gasteiger partial charge in [0.05, 0.1) is 0 Å². The lowest BCUT2D eigenvalue weighted by Crippen LogP contribution is -2.03. The monoisotopic (exact) mass is 279 g/mol. The first-order valence-corrected chi connectivity index (χ1v) is 6.75. The lowest BCUT2D eigenvalue weighted by atomic mass is 9.96. The summed E-state index contributed by atoms with van der Waals surface area (Å²) in [6, 6.07) is 17.6. The number of hydrogen-bond acceptors (Lipinski definition) is 1. The molecule has 0 aromatic heterocycles. The number of benzene rings is 3.